The Morgan fingerprint density at radius 2 is 1.54 bits per heavy atom. The second-order valence-electron chi connectivity index (χ2n) is 6.55. The first-order valence-corrected chi connectivity index (χ1v) is 12.8. The van der Waals surface area contributed by atoms with Crippen molar-refractivity contribution in [2.75, 3.05) is 7.11 Å². The van der Waals surface area contributed by atoms with Gasteiger partial charge in [0.1, 0.15) is 10.6 Å². The minimum absolute atomic E-state index is 0.0681. The minimum Gasteiger partial charge on any atom is -0.467 e. The number of carbonyl (C=O) groups excluding carboxylic acids is 1. The molecule has 0 amide bonds. The quantitative estimate of drug-likeness (QED) is 0.406. The highest BCUT2D eigenvalue weighted by Gasteiger charge is 2.29. The zero-order valence-electron chi connectivity index (χ0n) is 15.1. The molecular weight excluding hydrogens is 372 g/mol. The molecule has 0 aliphatic heterocycles. The molecule has 0 fully saturated rings. The first-order valence-electron chi connectivity index (χ1n) is 7.97. The lowest BCUT2D eigenvalue weighted by Gasteiger charge is -2.24. The lowest BCUT2D eigenvalue weighted by Crippen LogP contribution is -2.32. The number of benzene rings is 2. The maximum absolute atomic E-state index is 12.2. The zero-order chi connectivity index (χ0) is 19.4. The van der Waals surface area contributed by atoms with Crippen LogP contribution >= 0.6 is 0 Å². The fourth-order valence-corrected chi connectivity index (χ4v) is 4.06. The number of hydrogen-bond donors (Lipinski definition) is 0. The highest BCUT2D eigenvalue weighted by atomic mass is 32.2. The van der Waals surface area contributed by atoms with Crippen LogP contribution in [0.3, 0.4) is 0 Å². The van der Waals surface area contributed by atoms with E-state index in [0.717, 1.165) is 0 Å². The first-order chi connectivity index (χ1) is 12.1. The van der Waals surface area contributed by atoms with Gasteiger partial charge < -0.3 is 13.3 Å². The van der Waals surface area contributed by atoms with Gasteiger partial charge in [-0.3, -0.25) is 0 Å². The second kappa shape index (κ2) is 8.03. The van der Waals surface area contributed by atoms with Crippen LogP contribution in [0.2, 0.25) is 19.6 Å². The molecule has 2 aromatic carbocycles. The summed E-state index contributed by atoms with van der Waals surface area (Å²) < 4.78 is 40.3. The number of methoxy groups -OCH3 is 1. The lowest BCUT2D eigenvalue weighted by molar-refractivity contribution is -0.149. The standard InChI is InChI=1S/C18H22O6SSi/c1-22-18(19)17(24-26(2,3)4)14-10-12-15(13-11-14)23-25(20,21)16-8-6-5-7-9-16/h5-13,17H,1-4H3. The summed E-state index contributed by atoms with van der Waals surface area (Å²) in [5.41, 5.74) is 0.573. The molecule has 1 unspecified atom stereocenters. The van der Waals surface area contributed by atoms with Gasteiger partial charge >= 0.3 is 16.1 Å². The van der Waals surface area contributed by atoms with Crippen molar-refractivity contribution in [3.63, 3.8) is 0 Å². The molecule has 1 atom stereocenters. The number of hydrogen-bond acceptors (Lipinski definition) is 6. The summed E-state index contributed by atoms with van der Waals surface area (Å²) in [5, 5.41) is 0. The predicted octanol–water partition coefficient (Wildman–Crippen LogP) is 3.52. The normalized spacial score (nSPS) is 13.1. The summed E-state index contributed by atoms with van der Waals surface area (Å²) in [7, 11) is -4.62. The third kappa shape index (κ3) is 5.42. The Kier molecular flexibility index (Phi) is 6.22. The van der Waals surface area contributed by atoms with Gasteiger partial charge in [0.05, 0.1) is 7.11 Å². The van der Waals surface area contributed by atoms with E-state index in [-0.39, 0.29) is 10.6 Å². The van der Waals surface area contributed by atoms with Gasteiger partial charge in [0.2, 0.25) is 0 Å². The molecule has 0 bridgehead atoms. The van der Waals surface area contributed by atoms with E-state index in [2.05, 4.69) is 0 Å². The van der Waals surface area contributed by atoms with Crippen molar-refractivity contribution in [1.82, 2.24) is 0 Å². The summed E-state index contributed by atoms with van der Waals surface area (Å²) in [4.78, 5) is 12.1. The minimum atomic E-state index is -3.91. The number of rotatable bonds is 7. The van der Waals surface area contributed by atoms with Crippen molar-refractivity contribution in [1.29, 1.82) is 0 Å². The van der Waals surface area contributed by atoms with Crippen LogP contribution in [0.5, 0.6) is 5.75 Å². The summed E-state index contributed by atoms with van der Waals surface area (Å²) in [5.74, 6) is -0.354. The Bertz CT molecular complexity index is 842. The van der Waals surface area contributed by atoms with E-state index in [4.69, 9.17) is 13.3 Å². The van der Waals surface area contributed by atoms with E-state index in [1.165, 1.54) is 31.4 Å². The first kappa shape index (κ1) is 20.2. The average molecular weight is 395 g/mol. The van der Waals surface area contributed by atoms with Crippen molar-refractivity contribution in [3.8, 4) is 5.75 Å². The van der Waals surface area contributed by atoms with Gasteiger partial charge in [-0.05, 0) is 49.5 Å². The fraction of sp³-hybridized carbons (Fsp3) is 0.278. The smallest absolute Gasteiger partial charge is 0.339 e. The van der Waals surface area contributed by atoms with Crippen LogP contribution in [0.25, 0.3) is 0 Å². The van der Waals surface area contributed by atoms with Crippen LogP contribution in [0.1, 0.15) is 11.7 Å². The molecule has 26 heavy (non-hydrogen) atoms. The molecule has 0 saturated carbocycles. The monoisotopic (exact) mass is 394 g/mol. The van der Waals surface area contributed by atoms with Gasteiger partial charge in [0, 0.05) is 0 Å². The molecule has 0 N–H and O–H groups in total. The molecule has 0 spiro atoms. The van der Waals surface area contributed by atoms with Crippen molar-refractivity contribution in [2.45, 2.75) is 30.6 Å². The largest absolute Gasteiger partial charge is 0.467 e. The molecule has 0 aliphatic rings. The summed E-state index contributed by atoms with van der Waals surface area (Å²) in [6.07, 6.45) is -0.855. The Balaban J connectivity index is 2.22. The molecule has 0 aromatic heterocycles. The summed E-state index contributed by atoms with van der Waals surface area (Å²) in [6.45, 7) is 5.90. The van der Waals surface area contributed by atoms with E-state index in [1.54, 1.807) is 30.3 Å². The number of carbonyl (C=O) groups is 1. The van der Waals surface area contributed by atoms with Gasteiger partial charge in [-0.15, -0.1) is 0 Å². The molecule has 6 nitrogen and oxygen atoms in total. The van der Waals surface area contributed by atoms with Crippen molar-refractivity contribution < 1.29 is 26.6 Å². The molecule has 2 aromatic rings. The molecule has 0 radical (unpaired) electrons. The highest BCUT2D eigenvalue weighted by molar-refractivity contribution is 7.87. The van der Waals surface area contributed by atoms with Crippen LogP contribution in [0.4, 0.5) is 0 Å². The molecule has 0 heterocycles. The zero-order valence-corrected chi connectivity index (χ0v) is 16.9. The fourth-order valence-electron chi connectivity index (χ4n) is 2.17. The Morgan fingerprint density at radius 3 is 2.04 bits per heavy atom. The van der Waals surface area contributed by atoms with Crippen molar-refractivity contribution in [2.24, 2.45) is 0 Å². The van der Waals surface area contributed by atoms with Gasteiger partial charge in [0.25, 0.3) is 0 Å². The number of esters is 1. The Labute approximate surface area is 155 Å². The maximum Gasteiger partial charge on any atom is 0.339 e. The second-order valence-corrected chi connectivity index (χ2v) is 12.6. The molecular formula is C18H22O6SSi. The summed E-state index contributed by atoms with van der Waals surface area (Å²) >= 11 is 0. The van der Waals surface area contributed by atoms with E-state index in [1.807, 2.05) is 19.6 Å². The highest BCUT2D eigenvalue weighted by Crippen LogP contribution is 2.26. The van der Waals surface area contributed by atoms with E-state index in [9.17, 15) is 13.2 Å². The average Bonchev–Trinajstić information content (AvgIpc) is 2.59. The van der Waals surface area contributed by atoms with Gasteiger partial charge in [0.15, 0.2) is 14.4 Å². The van der Waals surface area contributed by atoms with Crippen LogP contribution in [-0.2, 0) is 24.1 Å². The van der Waals surface area contributed by atoms with Crippen molar-refractivity contribution >= 4 is 24.4 Å². The maximum atomic E-state index is 12.2. The van der Waals surface area contributed by atoms with Gasteiger partial charge in [-0.2, -0.15) is 8.42 Å². The third-order valence-corrected chi connectivity index (χ3v) is 5.51. The van der Waals surface area contributed by atoms with Crippen LogP contribution in [-0.4, -0.2) is 29.8 Å². The van der Waals surface area contributed by atoms with Crippen LogP contribution in [0, 0.1) is 0 Å². The van der Waals surface area contributed by atoms with Crippen molar-refractivity contribution in [3.05, 3.63) is 60.2 Å². The topological polar surface area (TPSA) is 78.9 Å². The molecule has 0 saturated heterocycles. The Morgan fingerprint density at radius 1 is 0.962 bits per heavy atom. The number of ether oxygens (including phenoxy) is 1. The van der Waals surface area contributed by atoms with Gasteiger partial charge in [-0.1, -0.05) is 30.3 Å². The van der Waals surface area contributed by atoms with E-state index >= 15 is 0 Å². The van der Waals surface area contributed by atoms with Gasteiger partial charge in [-0.25, -0.2) is 4.79 Å². The molecule has 2 rings (SSSR count). The molecule has 0 aliphatic carbocycles. The van der Waals surface area contributed by atoms with Crippen LogP contribution < -0.4 is 4.18 Å². The molecule has 8 heteroatoms. The predicted molar refractivity (Wildman–Crippen MR) is 99.9 cm³/mol. The lowest BCUT2D eigenvalue weighted by atomic mass is 10.1. The van der Waals surface area contributed by atoms with E-state index < -0.39 is 30.5 Å². The molecule has 140 valence electrons. The van der Waals surface area contributed by atoms with Crippen LogP contribution in [0.15, 0.2) is 59.5 Å². The third-order valence-electron chi connectivity index (χ3n) is 3.31. The Hall–Kier alpha value is -2.16. The SMILES string of the molecule is COC(=O)C(O[Si](C)(C)C)c1ccc(OS(=O)(=O)c2ccccc2)cc1. The van der Waals surface area contributed by atoms with E-state index in [0.29, 0.717) is 5.56 Å². The summed E-state index contributed by atoms with van der Waals surface area (Å²) in [6, 6.07) is 14.0.